The van der Waals surface area contributed by atoms with E-state index in [0.29, 0.717) is 28.8 Å². The molecular weight excluding hydrogens is 372 g/mol. The lowest BCUT2D eigenvalue weighted by molar-refractivity contribution is -0.384. The normalized spacial score (nSPS) is 10.8. The number of fused-ring (bicyclic) bond motifs is 1. The summed E-state index contributed by atoms with van der Waals surface area (Å²) >= 11 is 0. The Labute approximate surface area is 164 Å². The van der Waals surface area contributed by atoms with Gasteiger partial charge in [-0.3, -0.25) is 14.9 Å². The van der Waals surface area contributed by atoms with Gasteiger partial charge in [0.15, 0.2) is 5.78 Å². The van der Waals surface area contributed by atoms with Gasteiger partial charge in [0.1, 0.15) is 5.69 Å². The van der Waals surface area contributed by atoms with E-state index in [9.17, 15) is 19.7 Å². The van der Waals surface area contributed by atoms with Gasteiger partial charge in [0, 0.05) is 23.7 Å². The molecule has 0 aliphatic heterocycles. The maximum atomic E-state index is 12.6. The molecule has 1 heterocycles. The number of H-pyrrole nitrogens is 2. The highest BCUT2D eigenvalue weighted by atomic mass is 16.6. The second-order valence-corrected chi connectivity index (χ2v) is 6.50. The summed E-state index contributed by atoms with van der Waals surface area (Å²) in [6, 6.07) is 18.4. The fourth-order valence-corrected chi connectivity index (χ4v) is 3.12. The van der Waals surface area contributed by atoms with Crippen LogP contribution in [-0.2, 0) is 6.54 Å². The van der Waals surface area contributed by atoms with Crippen molar-refractivity contribution in [2.24, 2.45) is 0 Å². The SMILES string of the molecule is O=C(c1ccccc1)c1ccc(NCc2ccc3[nH]c(=O)[nH]c3c2)c([N+](=O)[O-])c1. The highest BCUT2D eigenvalue weighted by molar-refractivity contribution is 6.09. The molecule has 0 bridgehead atoms. The predicted octanol–water partition coefficient (Wildman–Crippen LogP) is 3.61. The Morgan fingerprint density at radius 1 is 0.931 bits per heavy atom. The van der Waals surface area contributed by atoms with E-state index in [2.05, 4.69) is 15.3 Å². The maximum Gasteiger partial charge on any atom is 0.323 e. The lowest BCUT2D eigenvalue weighted by Gasteiger charge is -2.09. The smallest absolute Gasteiger partial charge is 0.323 e. The van der Waals surface area contributed by atoms with Gasteiger partial charge in [-0.1, -0.05) is 36.4 Å². The number of nitro groups is 1. The molecule has 0 aliphatic carbocycles. The maximum absolute atomic E-state index is 12.6. The number of anilines is 1. The number of carbonyl (C=O) groups excluding carboxylic acids is 1. The number of benzene rings is 3. The van der Waals surface area contributed by atoms with Crippen LogP contribution in [0.2, 0.25) is 0 Å². The fraction of sp³-hybridized carbons (Fsp3) is 0.0476. The van der Waals surface area contributed by atoms with Gasteiger partial charge in [0.05, 0.1) is 16.0 Å². The van der Waals surface area contributed by atoms with Crippen LogP contribution in [0.4, 0.5) is 11.4 Å². The van der Waals surface area contributed by atoms with Crippen molar-refractivity contribution in [2.45, 2.75) is 6.54 Å². The van der Waals surface area contributed by atoms with Crippen LogP contribution >= 0.6 is 0 Å². The third-order valence-electron chi connectivity index (χ3n) is 4.56. The number of nitrogens with zero attached hydrogens (tertiary/aromatic N) is 1. The first-order chi connectivity index (χ1) is 14.0. The van der Waals surface area contributed by atoms with Crippen molar-refractivity contribution >= 4 is 28.2 Å². The summed E-state index contributed by atoms with van der Waals surface area (Å²) in [6.45, 7) is 0.315. The Balaban J connectivity index is 1.58. The third kappa shape index (κ3) is 3.77. The summed E-state index contributed by atoms with van der Waals surface area (Å²) in [4.78, 5) is 40.3. The Kier molecular flexibility index (Phi) is 4.66. The average molecular weight is 388 g/mol. The molecule has 4 rings (SSSR count). The minimum absolute atomic E-state index is 0.178. The van der Waals surface area contributed by atoms with E-state index in [4.69, 9.17) is 0 Å². The molecule has 4 aromatic rings. The molecule has 0 saturated heterocycles. The molecule has 0 unspecified atom stereocenters. The number of imidazole rings is 1. The third-order valence-corrected chi connectivity index (χ3v) is 4.56. The molecule has 1 aromatic heterocycles. The minimum Gasteiger partial charge on any atom is -0.375 e. The Hall–Kier alpha value is -4.20. The number of nitro benzene ring substituents is 1. The van der Waals surface area contributed by atoms with Crippen molar-refractivity contribution in [3.8, 4) is 0 Å². The van der Waals surface area contributed by atoms with Gasteiger partial charge in [-0.15, -0.1) is 0 Å². The molecule has 3 aromatic carbocycles. The first-order valence-corrected chi connectivity index (χ1v) is 8.84. The topological polar surface area (TPSA) is 121 Å². The summed E-state index contributed by atoms with van der Waals surface area (Å²) in [5.74, 6) is -0.276. The van der Waals surface area contributed by atoms with Crippen LogP contribution in [0.15, 0.2) is 71.5 Å². The molecule has 0 radical (unpaired) electrons. The molecule has 8 nitrogen and oxygen atoms in total. The predicted molar refractivity (Wildman–Crippen MR) is 109 cm³/mol. The van der Waals surface area contributed by atoms with Crippen LogP contribution in [0.5, 0.6) is 0 Å². The standard InChI is InChI=1S/C21H16N4O4/c26-20(14-4-2-1-3-5-14)15-7-9-17(19(11-15)25(28)29)22-12-13-6-8-16-18(10-13)24-21(27)23-16/h1-11,22H,12H2,(H2,23,24,27). The lowest BCUT2D eigenvalue weighted by atomic mass is 10.0. The van der Waals surface area contributed by atoms with Crippen molar-refractivity contribution in [1.82, 2.24) is 9.97 Å². The van der Waals surface area contributed by atoms with Crippen molar-refractivity contribution in [2.75, 3.05) is 5.32 Å². The molecule has 0 spiro atoms. The number of aromatic amines is 2. The van der Waals surface area contributed by atoms with Crippen LogP contribution in [0.1, 0.15) is 21.5 Å². The van der Waals surface area contributed by atoms with Crippen LogP contribution in [0.3, 0.4) is 0 Å². The minimum atomic E-state index is -0.517. The molecule has 0 fully saturated rings. The fourth-order valence-electron chi connectivity index (χ4n) is 3.12. The van der Waals surface area contributed by atoms with Gasteiger partial charge in [0.25, 0.3) is 5.69 Å². The number of hydrogen-bond acceptors (Lipinski definition) is 5. The van der Waals surface area contributed by atoms with Crippen molar-refractivity contribution in [1.29, 1.82) is 0 Å². The summed E-state index contributed by atoms with van der Waals surface area (Å²) in [5.41, 5.74) is 2.74. The number of rotatable bonds is 6. The van der Waals surface area contributed by atoms with Crippen LogP contribution in [-0.4, -0.2) is 20.7 Å². The molecule has 0 saturated carbocycles. The number of carbonyl (C=O) groups is 1. The quantitative estimate of drug-likeness (QED) is 0.265. The zero-order valence-corrected chi connectivity index (χ0v) is 15.1. The number of hydrogen-bond donors (Lipinski definition) is 3. The van der Waals surface area contributed by atoms with E-state index in [1.807, 2.05) is 6.07 Å². The highest BCUT2D eigenvalue weighted by Crippen LogP contribution is 2.27. The van der Waals surface area contributed by atoms with Gasteiger partial charge in [0.2, 0.25) is 0 Å². The molecule has 0 aliphatic rings. The second-order valence-electron chi connectivity index (χ2n) is 6.50. The number of ketones is 1. The van der Waals surface area contributed by atoms with Gasteiger partial charge >= 0.3 is 5.69 Å². The summed E-state index contributed by atoms with van der Waals surface area (Å²) in [6.07, 6.45) is 0. The molecular formula is C21H16N4O4. The van der Waals surface area contributed by atoms with E-state index in [1.54, 1.807) is 48.5 Å². The molecule has 144 valence electrons. The average Bonchev–Trinajstić information content (AvgIpc) is 3.11. The van der Waals surface area contributed by atoms with Gasteiger partial charge < -0.3 is 15.3 Å². The Morgan fingerprint density at radius 3 is 2.45 bits per heavy atom. The zero-order chi connectivity index (χ0) is 20.4. The van der Waals surface area contributed by atoms with E-state index in [-0.39, 0.29) is 22.7 Å². The molecule has 0 amide bonds. The van der Waals surface area contributed by atoms with E-state index in [0.717, 1.165) is 5.56 Å². The zero-order valence-electron chi connectivity index (χ0n) is 15.1. The molecule has 29 heavy (non-hydrogen) atoms. The number of nitrogens with one attached hydrogen (secondary N) is 3. The highest BCUT2D eigenvalue weighted by Gasteiger charge is 2.18. The van der Waals surface area contributed by atoms with Gasteiger partial charge in [-0.05, 0) is 29.8 Å². The van der Waals surface area contributed by atoms with Crippen molar-refractivity contribution in [3.05, 3.63) is 104 Å². The largest absolute Gasteiger partial charge is 0.375 e. The van der Waals surface area contributed by atoms with Crippen LogP contribution in [0, 0.1) is 10.1 Å². The second kappa shape index (κ2) is 7.43. The Bertz CT molecular complexity index is 1270. The molecule has 8 heteroatoms. The summed E-state index contributed by atoms with van der Waals surface area (Å²) in [7, 11) is 0. The van der Waals surface area contributed by atoms with E-state index >= 15 is 0 Å². The van der Waals surface area contributed by atoms with Crippen molar-refractivity contribution in [3.63, 3.8) is 0 Å². The summed E-state index contributed by atoms with van der Waals surface area (Å²) < 4.78 is 0. The Morgan fingerprint density at radius 2 is 1.69 bits per heavy atom. The lowest BCUT2D eigenvalue weighted by Crippen LogP contribution is -2.06. The first-order valence-electron chi connectivity index (χ1n) is 8.84. The van der Waals surface area contributed by atoms with Crippen LogP contribution < -0.4 is 11.0 Å². The van der Waals surface area contributed by atoms with Crippen LogP contribution in [0.25, 0.3) is 11.0 Å². The monoisotopic (exact) mass is 388 g/mol. The van der Waals surface area contributed by atoms with E-state index in [1.165, 1.54) is 12.1 Å². The number of aromatic nitrogens is 2. The summed E-state index contributed by atoms with van der Waals surface area (Å²) in [5, 5.41) is 14.6. The molecule has 0 atom stereocenters. The molecule has 3 N–H and O–H groups in total. The van der Waals surface area contributed by atoms with Gasteiger partial charge in [-0.25, -0.2) is 4.79 Å². The van der Waals surface area contributed by atoms with Crippen molar-refractivity contribution < 1.29 is 9.72 Å². The first kappa shape index (κ1) is 18.2. The van der Waals surface area contributed by atoms with E-state index < -0.39 is 4.92 Å². The van der Waals surface area contributed by atoms with Gasteiger partial charge in [-0.2, -0.15) is 0 Å².